The van der Waals surface area contributed by atoms with Gasteiger partial charge in [-0.25, -0.2) is 4.39 Å². The van der Waals surface area contributed by atoms with Crippen LogP contribution in [0.15, 0.2) is 47.4 Å². The molecular formula is C22H27FN2O2S. The normalized spacial score (nSPS) is 11.8. The van der Waals surface area contributed by atoms with Crippen molar-refractivity contribution in [3.63, 3.8) is 0 Å². The van der Waals surface area contributed by atoms with Gasteiger partial charge in [0.1, 0.15) is 12.4 Å². The van der Waals surface area contributed by atoms with Crippen molar-refractivity contribution in [1.82, 2.24) is 4.90 Å². The number of halogens is 1. The summed E-state index contributed by atoms with van der Waals surface area (Å²) in [6, 6.07) is 11.7. The fourth-order valence-electron chi connectivity index (χ4n) is 2.70. The fourth-order valence-corrected chi connectivity index (χ4v) is 3.48. The van der Waals surface area contributed by atoms with E-state index in [1.165, 1.54) is 23.9 Å². The molecule has 0 aliphatic heterocycles. The number of amides is 2. The van der Waals surface area contributed by atoms with Crippen molar-refractivity contribution in [3.05, 3.63) is 59.4 Å². The van der Waals surface area contributed by atoms with Gasteiger partial charge >= 0.3 is 0 Å². The van der Waals surface area contributed by atoms with Gasteiger partial charge in [-0.2, -0.15) is 0 Å². The monoisotopic (exact) mass is 402 g/mol. The Balaban J connectivity index is 2.01. The number of nitrogens with zero attached hydrogens (tertiary/aromatic N) is 1. The molecule has 2 aromatic carbocycles. The van der Waals surface area contributed by atoms with Gasteiger partial charge in [0.15, 0.2) is 0 Å². The van der Waals surface area contributed by atoms with E-state index >= 15 is 0 Å². The maximum atomic E-state index is 13.0. The van der Waals surface area contributed by atoms with Gasteiger partial charge in [-0.3, -0.25) is 9.59 Å². The number of thioether (sulfide) groups is 1. The molecule has 0 saturated carbocycles. The number of anilines is 1. The van der Waals surface area contributed by atoms with Crippen LogP contribution in [-0.2, 0) is 9.59 Å². The first kappa shape index (κ1) is 22.0. The second-order valence-corrected chi connectivity index (χ2v) is 7.87. The van der Waals surface area contributed by atoms with Crippen molar-refractivity contribution in [1.29, 1.82) is 0 Å². The average molecular weight is 403 g/mol. The Hall–Kier alpha value is -2.34. The van der Waals surface area contributed by atoms with Crippen LogP contribution in [0.1, 0.15) is 31.4 Å². The van der Waals surface area contributed by atoms with E-state index in [0.717, 1.165) is 28.1 Å². The molecule has 0 radical (unpaired) electrons. The predicted molar refractivity (Wildman–Crippen MR) is 113 cm³/mol. The lowest BCUT2D eigenvalue weighted by atomic mass is 10.1. The topological polar surface area (TPSA) is 49.4 Å². The minimum absolute atomic E-state index is 0.00516. The third-order valence-corrected chi connectivity index (χ3v) is 5.81. The summed E-state index contributed by atoms with van der Waals surface area (Å²) < 4.78 is 13.0. The van der Waals surface area contributed by atoms with Gasteiger partial charge in [0.05, 0.1) is 5.75 Å². The van der Waals surface area contributed by atoms with Gasteiger partial charge in [-0.05, 0) is 68.7 Å². The Kier molecular flexibility index (Phi) is 8.05. The number of nitrogens with one attached hydrogen (secondary N) is 1. The van der Waals surface area contributed by atoms with Gasteiger partial charge in [0, 0.05) is 16.6 Å². The van der Waals surface area contributed by atoms with E-state index in [1.807, 2.05) is 45.9 Å². The van der Waals surface area contributed by atoms with Gasteiger partial charge in [-0.15, -0.1) is 11.8 Å². The lowest BCUT2D eigenvalue weighted by Crippen LogP contribution is -2.44. The molecular weight excluding hydrogens is 375 g/mol. The van der Waals surface area contributed by atoms with Crippen LogP contribution in [0.3, 0.4) is 0 Å². The van der Waals surface area contributed by atoms with Gasteiger partial charge in [0.25, 0.3) is 0 Å². The molecule has 0 fully saturated rings. The van der Waals surface area contributed by atoms with Crippen LogP contribution in [0, 0.1) is 19.7 Å². The number of benzene rings is 2. The van der Waals surface area contributed by atoms with Crippen LogP contribution in [0.25, 0.3) is 0 Å². The lowest BCUT2D eigenvalue weighted by Gasteiger charge is -2.28. The molecule has 2 aromatic rings. The molecule has 4 nitrogen and oxygen atoms in total. The van der Waals surface area contributed by atoms with Crippen molar-refractivity contribution in [2.45, 2.75) is 45.1 Å². The SMILES string of the molecule is CC[C@@H](C)N(CC(=O)Nc1cccc(C)c1C)C(=O)CSc1ccc(F)cc1. The second kappa shape index (κ2) is 10.3. The highest BCUT2D eigenvalue weighted by molar-refractivity contribution is 8.00. The Labute approximate surface area is 170 Å². The molecule has 0 bridgehead atoms. The van der Waals surface area contributed by atoms with Crippen molar-refractivity contribution in [3.8, 4) is 0 Å². The summed E-state index contributed by atoms with van der Waals surface area (Å²) in [7, 11) is 0. The summed E-state index contributed by atoms with van der Waals surface area (Å²) in [4.78, 5) is 27.7. The standard InChI is InChI=1S/C22H27FN2O2S/c1-5-16(3)25(22(27)14-28-19-11-9-18(23)10-12-19)13-21(26)24-20-8-6-7-15(2)17(20)4/h6-12,16H,5,13-14H2,1-4H3,(H,24,26)/t16-/m1/s1. The summed E-state index contributed by atoms with van der Waals surface area (Å²) in [5.41, 5.74) is 2.88. The molecule has 1 atom stereocenters. The minimum atomic E-state index is -0.306. The molecule has 150 valence electrons. The third-order valence-electron chi connectivity index (χ3n) is 4.81. The van der Waals surface area contributed by atoms with E-state index < -0.39 is 0 Å². The highest BCUT2D eigenvalue weighted by atomic mass is 32.2. The van der Waals surface area contributed by atoms with Crippen LogP contribution in [0.5, 0.6) is 0 Å². The van der Waals surface area contributed by atoms with Gasteiger partial charge in [0.2, 0.25) is 11.8 Å². The molecule has 0 aliphatic carbocycles. The number of carbonyl (C=O) groups is 2. The Morgan fingerprint density at radius 1 is 1.14 bits per heavy atom. The van der Waals surface area contributed by atoms with Crippen LogP contribution in [-0.4, -0.2) is 35.1 Å². The van der Waals surface area contributed by atoms with E-state index in [4.69, 9.17) is 0 Å². The first-order chi connectivity index (χ1) is 13.3. The average Bonchev–Trinajstić information content (AvgIpc) is 2.68. The van der Waals surface area contributed by atoms with Crippen molar-refractivity contribution in [2.75, 3.05) is 17.6 Å². The molecule has 0 saturated heterocycles. The predicted octanol–water partition coefficient (Wildman–Crippen LogP) is 4.80. The van der Waals surface area contributed by atoms with E-state index in [-0.39, 0.29) is 36.0 Å². The number of hydrogen-bond acceptors (Lipinski definition) is 3. The van der Waals surface area contributed by atoms with Crippen LogP contribution in [0.2, 0.25) is 0 Å². The molecule has 0 aliphatic rings. The first-order valence-corrected chi connectivity index (χ1v) is 10.3. The molecule has 28 heavy (non-hydrogen) atoms. The zero-order valence-electron chi connectivity index (χ0n) is 16.8. The maximum Gasteiger partial charge on any atom is 0.244 e. The van der Waals surface area contributed by atoms with E-state index in [0.29, 0.717) is 0 Å². The van der Waals surface area contributed by atoms with E-state index in [9.17, 15) is 14.0 Å². The number of rotatable bonds is 8. The quantitative estimate of drug-likeness (QED) is 0.645. The van der Waals surface area contributed by atoms with E-state index in [1.54, 1.807) is 17.0 Å². The number of carbonyl (C=O) groups excluding carboxylic acids is 2. The molecule has 6 heteroatoms. The van der Waals surface area contributed by atoms with Crippen LogP contribution in [0.4, 0.5) is 10.1 Å². The summed E-state index contributed by atoms with van der Waals surface area (Å²) >= 11 is 1.34. The number of hydrogen-bond donors (Lipinski definition) is 1. The maximum absolute atomic E-state index is 13.0. The van der Waals surface area contributed by atoms with Gasteiger partial charge in [-0.1, -0.05) is 19.1 Å². The van der Waals surface area contributed by atoms with Crippen molar-refractivity contribution >= 4 is 29.3 Å². The lowest BCUT2D eigenvalue weighted by molar-refractivity contribution is -0.134. The molecule has 2 amide bonds. The highest BCUT2D eigenvalue weighted by Crippen LogP contribution is 2.20. The van der Waals surface area contributed by atoms with Crippen molar-refractivity contribution in [2.24, 2.45) is 0 Å². The Bertz CT molecular complexity index is 824. The van der Waals surface area contributed by atoms with E-state index in [2.05, 4.69) is 5.32 Å². The minimum Gasteiger partial charge on any atom is -0.330 e. The molecule has 0 spiro atoms. The van der Waals surface area contributed by atoms with Crippen molar-refractivity contribution < 1.29 is 14.0 Å². The summed E-state index contributed by atoms with van der Waals surface area (Å²) in [6.07, 6.45) is 0.754. The van der Waals surface area contributed by atoms with Crippen LogP contribution < -0.4 is 5.32 Å². The second-order valence-electron chi connectivity index (χ2n) is 6.82. The van der Waals surface area contributed by atoms with Gasteiger partial charge < -0.3 is 10.2 Å². The zero-order chi connectivity index (χ0) is 20.7. The molecule has 2 rings (SSSR count). The summed E-state index contributed by atoms with van der Waals surface area (Å²) in [5, 5.41) is 2.91. The smallest absolute Gasteiger partial charge is 0.244 e. The Morgan fingerprint density at radius 2 is 1.82 bits per heavy atom. The summed E-state index contributed by atoms with van der Waals surface area (Å²) in [5.74, 6) is -0.429. The Morgan fingerprint density at radius 3 is 2.46 bits per heavy atom. The fraction of sp³-hybridized carbons (Fsp3) is 0.364. The molecule has 0 unspecified atom stereocenters. The zero-order valence-corrected chi connectivity index (χ0v) is 17.6. The largest absolute Gasteiger partial charge is 0.330 e. The first-order valence-electron chi connectivity index (χ1n) is 9.35. The van der Waals surface area contributed by atoms with Crippen LogP contribution >= 0.6 is 11.8 Å². The molecule has 1 N–H and O–H groups in total. The highest BCUT2D eigenvalue weighted by Gasteiger charge is 2.22. The molecule has 0 aromatic heterocycles. The third kappa shape index (κ3) is 6.09. The molecule has 0 heterocycles. The number of aryl methyl sites for hydroxylation is 1. The summed E-state index contributed by atoms with van der Waals surface area (Å²) in [6.45, 7) is 7.88.